The molecule has 4 heteroatoms. The number of nitrogen functional groups attached to an aromatic ring is 2. The van der Waals surface area contributed by atoms with Gasteiger partial charge in [0, 0.05) is 5.56 Å². The molecule has 0 radical (unpaired) electrons. The maximum Gasteiger partial charge on any atom is 0.126 e. The molecule has 0 aliphatic heterocycles. The van der Waals surface area contributed by atoms with Gasteiger partial charge in [-0.05, 0) is 24.3 Å². The number of hydrogen-bond acceptors (Lipinski definition) is 3. The van der Waals surface area contributed by atoms with Crippen LogP contribution in [0, 0.1) is 5.82 Å². The first-order chi connectivity index (χ1) is 6.65. The van der Waals surface area contributed by atoms with Gasteiger partial charge in [0.05, 0.1) is 11.4 Å². The van der Waals surface area contributed by atoms with Gasteiger partial charge < -0.3 is 11.5 Å². The minimum Gasteiger partial charge on any atom is -0.397 e. The molecule has 0 aromatic heterocycles. The van der Waals surface area contributed by atoms with Crippen LogP contribution in [0.1, 0.15) is 12.0 Å². The van der Waals surface area contributed by atoms with Crippen LogP contribution in [0.25, 0.3) is 6.08 Å². The Bertz CT molecular complexity index is 350. The first-order valence-corrected chi connectivity index (χ1v) is 4.90. The van der Waals surface area contributed by atoms with Crippen molar-refractivity contribution in [3.8, 4) is 0 Å². The van der Waals surface area contributed by atoms with Crippen LogP contribution >= 0.6 is 12.6 Å². The minimum atomic E-state index is -0.373. The Hall–Kier alpha value is -1.16. The highest BCUT2D eigenvalue weighted by molar-refractivity contribution is 7.80. The van der Waals surface area contributed by atoms with E-state index in [1.807, 2.05) is 6.08 Å². The van der Waals surface area contributed by atoms with E-state index in [4.69, 9.17) is 11.5 Å². The van der Waals surface area contributed by atoms with Gasteiger partial charge in [-0.3, -0.25) is 0 Å². The third kappa shape index (κ3) is 2.67. The number of thiol groups is 1. The number of hydrogen-bond donors (Lipinski definition) is 3. The van der Waals surface area contributed by atoms with Crippen LogP contribution in [0.5, 0.6) is 0 Å². The molecule has 0 saturated heterocycles. The van der Waals surface area contributed by atoms with Gasteiger partial charge in [-0.25, -0.2) is 4.39 Å². The quantitative estimate of drug-likeness (QED) is 0.532. The lowest BCUT2D eigenvalue weighted by atomic mass is 10.1. The van der Waals surface area contributed by atoms with Gasteiger partial charge in [-0.1, -0.05) is 12.2 Å². The summed E-state index contributed by atoms with van der Waals surface area (Å²) >= 11 is 4.05. The van der Waals surface area contributed by atoms with E-state index in [0.29, 0.717) is 11.3 Å². The zero-order chi connectivity index (χ0) is 10.6. The summed E-state index contributed by atoms with van der Waals surface area (Å²) in [6.07, 6.45) is 4.46. The fourth-order valence-corrected chi connectivity index (χ4v) is 1.23. The molecule has 0 amide bonds. The van der Waals surface area contributed by atoms with Crippen molar-refractivity contribution in [1.82, 2.24) is 0 Å². The molecule has 2 nitrogen and oxygen atoms in total. The molecular weight excluding hydrogens is 199 g/mol. The normalized spacial score (nSPS) is 11.0. The Labute approximate surface area is 88.2 Å². The first kappa shape index (κ1) is 10.9. The predicted octanol–water partition coefficient (Wildman–Crippen LogP) is 2.32. The highest BCUT2D eigenvalue weighted by Gasteiger charge is 2.02. The molecule has 0 saturated carbocycles. The standard InChI is InChI=1S/C10H13FN2S/c11-8-5-7(3-1-2-4-14)10(13)9(12)6-8/h1,3,5-6,14H,2,4,12-13H2. The molecular formula is C10H13FN2S. The monoisotopic (exact) mass is 212 g/mol. The number of nitrogens with two attached hydrogens (primary N) is 2. The Kier molecular flexibility index (Phi) is 3.83. The summed E-state index contributed by atoms with van der Waals surface area (Å²) in [6.45, 7) is 0. The van der Waals surface area contributed by atoms with Crippen LogP contribution in [-0.4, -0.2) is 5.75 Å². The van der Waals surface area contributed by atoms with E-state index in [2.05, 4.69) is 12.6 Å². The Morgan fingerprint density at radius 1 is 1.36 bits per heavy atom. The molecule has 0 bridgehead atoms. The number of allylic oxidation sites excluding steroid dienone is 1. The second-order valence-corrected chi connectivity index (χ2v) is 3.36. The molecule has 76 valence electrons. The summed E-state index contributed by atoms with van der Waals surface area (Å²) in [6, 6.07) is 2.58. The number of halogens is 1. The van der Waals surface area contributed by atoms with Crippen LogP contribution in [0.15, 0.2) is 18.2 Å². The van der Waals surface area contributed by atoms with Gasteiger partial charge in [0.2, 0.25) is 0 Å². The van der Waals surface area contributed by atoms with Crippen molar-refractivity contribution >= 4 is 30.1 Å². The molecule has 0 atom stereocenters. The number of anilines is 2. The van der Waals surface area contributed by atoms with Crippen LogP contribution < -0.4 is 11.5 Å². The SMILES string of the molecule is Nc1cc(F)cc(C=CCCS)c1N. The van der Waals surface area contributed by atoms with Crippen LogP contribution in [-0.2, 0) is 0 Å². The van der Waals surface area contributed by atoms with E-state index in [9.17, 15) is 4.39 Å². The lowest BCUT2D eigenvalue weighted by molar-refractivity contribution is 0.628. The largest absolute Gasteiger partial charge is 0.397 e. The van der Waals surface area contributed by atoms with Crippen molar-refractivity contribution in [3.63, 3.8) is 0 Å². The summed E-state index contributed by atoms with van der Waals surface area (Å²) in [7, 11) is 0. The summed E-state index contributed by atoms with van der Waals surface area (Å²) < 4.78 is 12.9. The Balaban J connectivity index is 2.96. The molecule has 0 fully saturated rings. The third-order valence-electron chi connectivity index (χ3n) is 1.80. The number of rotatable bonds is 3. The summed E-state index contributed by atoms with van der Waals surface area (Å²) in [5.41, 5.74) is 12.5. The van der Waals surface area contributed by atoms with Gasteiger partial charge in [0.15, 0.2) is 0 Å². The van der Waals surface area contributed by atoms with Crippen molar-refractivity contribution in [2.75, 3.05) is 17.2 Å². The summed E-state index contributed by atoms with van der Waals surface area (Å²) in [5, 5.41) is 0. The summed E-state index contributed by atoms with van der Waals surface area (Å²) in [4.78, 5) is 0. The van der Waals surface area contributed by atoms with E-state index in [-0.39, 0.29) is 11.5 Å². The Morgan fingerprint density at radius 2 is 2.07 bits per heavy atom. The smallest absolute Gasteiger partial charge is 0.126 e. The maximum atomic E-state index is 12.9. The van der Waals surface area contributed by atoms with E-state index in [1.165, 1.54) is 12.1 Å². The molecule has 0 spiro atoms. The first-order valence-electron chi connectivity index (χ1n) is 4.27. The lowest BCUT2D eigenvalue weighted by Gasteiger charge is -2.04. The fourth-order valence-electron chi connectivity index (χ4n) is 1.08. The molecule has 1 rings (SSSR count). The van der Waals surface area contributed by atoms with Gasteiger partial charge in [-0.2, -0.15) is 12.6 Å². The van der Waals surface area contributed by atoms with Crippen LogP contribution in [0.3, 0.4) is 0 Å². The van der Waals surface area contributed by atoms with Gasteiger partial charge in [0.25, 0.3) is 0 Å². The highest BCUT2D eigenvalue weighted by Crippen LogP contribution is 2.22. The van der Waals surface area contributed by atoms with Crippen molar-refractivity contribution in [1.29, 1.82) is 0 Å². The average Bonchev–Trinajstić information content (AvgIpc) is 2.13. The molecule has 4 N–H and O–H groups in total. The zero-order valence-corrected chi connectivity index (χ0v) is 8.60. The molecule has 1 aromatic rings. The number of benzene rings is 1. The van der Waals surface area contributed by atoms with Gasteiger partial charge >= 0.3 is 0 Å². The summed E-state index contributed by atoms with van der Waals surface area (Å²) in [5.74, 6) is 0.378. The van der Waals surface area contributed by atoms with Crippen LogP contribution in [0.4, 0.5) is 15.8 Å². The van der Waals surface area contributed by atoms with E-state index >= 15 is 0 Å². The average molecular weight is 212 g/mol. The van der Waals surface area contributed by atoms with Crippen molar-refractivity contribution in [2.45, 2.75) is 6.42 Å². The third-order valence-corrected chi connectivity index (χ3v) is 2.06. The van der Waals surface area contributed by atoms with Crippen LogP contribution in [0.2, 0.25) is 0 Å². The highest BCUT2D eigenvalue weighted by atomic mass is 32.1. The zero-order valence-electron chi connectivity index (χ0n) is 7.70. The second-order valence-electron chi connectivity index (χ2n) is 2.91. The van der Waals surface area contributed by atoms with E-state index < -0.39 is 0 Å². The minimum absolute atomic E-state index is 0.274. The molecule has 0 unspecified atom stereocenters. The second kappa shape index (κ2) is 4.91. The van der Waals surface area contributed by atoms with Gasteiger partial charge in [0.1, 0.15) is 5.82 Å². The molecule has 0 aliphatic carbocycles. The van der Waals surface area contributed by atoms with Crippen molar-refractivity contribution in [2.24, 2.45) is 0 Å². The Morgan fingerprint density at radius 3 is 2.71 bits per heavy atom. The van der Waals surface area contributed by atoms with E-state index in [1.54, 1.807) is 6.08 Å². The van der Waals surface area contributed by atoms with Gasteiger partial charge in [-0.15, -0.1) is 0 Å². The van der Waals surface area contributed by atoms with Crippen molar-refractivity contribution in [3.05, 3.63) is 29.6 Å². The molecule has 0 heterocycles. The molecule has 14 heavy (non-hydrogen) atoms. The van der Waals surface area contributed by atoms with Crippen molar-refractivity contribution < 1.29 is 4.39 Å². The molecule has 0 aliphatic rings. The predicted molar refractivity (Wildman–Crippen MR) is 62.7 cm³/mol. The lowest BCUT2D eigenvalue weighted by Crippen LogP contribution is -1.98. The fraction of sp³-hybridized carbons (Fsp3) is 0.200. The topological polar surface area (TPSA) is 52.0 Å². The van der Waals surface area contributed by atoms with E-state index in [0.717, 1.165) is 12.2 Å². The maximum absolute atomic E-state index is 12.9. The molecule has 1 aromatic carbocycles.